The van der Waals surface area contributed by atoms with Gasteiger partial charge >= 0.3 is 6.18 Å². The molecule has 0 saturated heterocycles. The highest BCUT2D eigenvalue weighted by atomic mass is 19.4. The summed E-state index contributed by atoms with van der Waals surface area (Å²) < 4.78 is 37.0. The lowest BCUT2D eigenvalue weighted by Crippen LogP contribution is -2.12. The lowest BCUT2D eigenvalue weighted by atomic mass is 9.97. The second kappa shape index (κ2) is 5.54. The SMILES string of the molecule is CC(C)CC[C@H](N)c1ccc(C(F)(F)F)cc1. The molecule has 4 heteroatoms. The predicted molar refractivity (Wildman–Crippen MR) is 62.4 cm³/mol. The van der Waals surface area contributed by atoms with Crippen LogP contribution in [0.5, 0.6) is 0 Å². The fourth-order valence-corrected chi connectivity index (χ4v) is 1.60. The third-order valence-electron chi connectivity index (χ3n) is 2.72. The van der Waals surface area contributed by atoms with E-state index < -0.39 is 11.7 Å². The minimum Gasteiger partial charge on any atom is -0.324 e. The summed E-state index contributed by atoms with van der Waals surface area (Å²) in [5.41, 5.74) is 6.06. The molecule has 1 aromatic rings. The molecular weight excluding hydrogens is 227 g/mol. The van der Waals surface area contributed by atoms with E-state index in [1.165, 1.54) is 12.1 Å². The normalized spacial score (nSPS) is 14.1. The van der Waals surface area contributed by atoms with Gasteiger partial charge in [0.05, 0.1) is 5.56 Å². The number of nitrogens with two attached hydrogens (primary N) is 1. The molecule has 1 nitrogen and oxygen atoms in total. The zero-order valence-corrected chi connectivity index (χ0v) is 10.1. The van der Waals surface area contributed by atoms with Crippen LogP contribution in [0.1, 0.15) is 43.9 Å². The standard InChI is InChI=1S/C13H18F3N/c1-9(2)3-8-12(17)10-4-6-11(7-5-10)13(14,15)16/h4-7,9,12H,3,8,17H2,1-2H3/t12-/m0/s1. The largest absolute Gasteiger partial charge is 0.416 e. The summed E-state index contributed by atoms with van der Waals surface area (Å²) in [6, 6.07) is 4.93. The van der Waals surface area contributed by atoms with Crippen LogP contribution < -0.4 is 5.73 Å². The fourth-order valence-electron chi connectivity index (χ4n) is 1.60. The summed E-state index contributed by atoms with van der Waals surface area (Å²) in [6.07, 6.45) is -2.51. The quantitative estimate of drug-likeness (QED) is 0.847. The lowest BCUT2D eigenvalue weighted by molar-refractivity contribution is -0.137. The first-order valence-corrected chi connectivity index (χ1v) is 5.73. The molecule has 0 aromatic heterocycles. The first-order chi connectivity index (χ1) is 7.80. The van der Waals surface area contributed by atoms with E-state index in [1.807, 2.05) is 0 Å². The number of hydrogen-bond acceptors (Lipinski definition) is 1. The molecule has 0 aliphatic heterocycles. The maximum Gasteiger partial charge on any atom is 0.416 e. The number of alkyl halides is 3. The Hall–Kier alpha value is -1.03. The van der Waals surface area contributed by atoms with Gasteiger partial charge in [-0.15, -0.1) is 0 Å². The van der Waals surface area contributed by atoms with E-state index in [0.29, 0.717) is 5.92 Å². The Morgan fingerprint density at radius 3 is 2.00 bits per heavy atom. The fraction of sp³-hybridized carbons (Fsp3) is 0.538. The number of rotatable bonds is 4. The van der Waals surface area contributed by atoms with Crippen LogP contribution in [0, 0.1) is 5.92 Å². The molecule has 17 heavy (non-hydrogen) atoms. The first-order valence-electron chi connectivity index (χ1n) is 5.73. The van der Waals surface area contributed by atoms with Gasteiger partial charge in [0, 0.05) is 6.04 Å². The molecule has 1 aromatic carbocycles. The van der Waals surface area contributed by atoms with E-state index in [2.05, 4.69) is 13.8 Å². The topological polar surface area (TPSA) is 26.0 Å². The van der Waals surface area contributed by atoms with Gasteiger partial charge in [-0.2, -0.15) is 13.2 Å². The highest BCUT2D eigenvalue weighted by Gasteiger charge is 2.30. The molecule has 96 valence electrons. The third-order valence-corrected chi connectivity index (χ3v) is 2.72. The van der Waals surface area contributed by atoms with Crippen molar-refractivity contribution >= 4 is 0 Å². The van der Waals surface area contributed by atoms with Crippen molar-refractivity contribution in [2.45, 2.75) is 38.9 Å². The van der Waals surface area contributed by atoms with Gasteiger partial charge in [-0.3, -0.25) is 0 Å². The smallest absolute Gasteiger partial charge is 0.324 e. The summed E-state index contributed by atoms with van der Waals surface area (Å²) in [6.45, 7) is 4.19. The number of benzene rings is 1. The molecule has 0 aliphatic carbocycles. The number of hydrogen-bond donors (Lipinski definition) is 1. The summed E-state index contributed by atoms with van der Waals surface area (Å²) in [5.74, 6) is 0.551. The summed E-state index contributed by atoms with van der Waals surface area (Å²) >= 11 is 0. The highest BCUT2D eigenvalue weighted by molar-refractivity contribution is 5.26. The Balaban J connectivity index is 2.67. The van der Waals surface area contributed by atoms with Gasteiger partial charge < -0.3 is 5.73 Å². The first kappa shape index (κ1) is 14.0. The average Bonchev–Trinajstić information content (AvgIpc) is 2.25. The van der Waals surface area contributed by atoms with Gasteiger partial charge in [0.15, 0.2) is 0 Å². The lowest BCUT2D eigenvalue weighted by Gasteiger charge is -2.14. The van der Waals surface area contributed by atoms with Crippen LogP contribution in [0.3, 0.4) is 0 Å². The second-order valence-corrected chi connectivity index (χ2v) is 4.70. The molecule has 0 saturated carbocycles. The summed E-state index contributed by atoms with van der Waals surface area (Å²) in [7, 11) is 0. The van der Waals surface area contributed by atoms with Gasteiger partial charge in [-0.1, -0.05) is 26.0 Å². The van der Waals surface area contributed by atoms with Crippen molar-refractivity contribution in [2.24, 2.45) is 11.7 Å². The Morgan fingerprint density at radius 1 is 1.06 bits per heavy atom. The van der Waals surface area contributed by atoms with Crippen LogP contribution in [-0.2, 0) is 6.18 Å². The maximum atomic E-state index is 12.3. The Bertz CT molecular complexity index is 341. The van der Waals surface area contributed by atoms with Gasteiger partial charge in [0.25, 0.3) is 0 Å². The zero-order valence-electron chi connectivity index (χ0n) is 10.1. The number of halogens is 3. The predicted octanol–water partition coefficient (Wildman–Crippen LogP) is 4.14. The molecule has 0 unspecified atom stereocenters. The molecule has 0 heterocycles. The van der Waals surface area contributed by atoms with Crippen LogP contribution in [-0.4, -0.2) is 0 Å². The highest BCUT2D eigenvalue weighted by Crippen LogP contribution is 2.30. The Labute approximate surface area is 99.8 Å². The van der Waals surface area contributed by atoms with Crippen LogP contribution in [0.15, 0.2) is 24.3 Å². The van der Waals surface area contributed by atoms with Crippen molar-refractivity contribution in [2.75, 3.05) is 0 Å². The second-order valence-electron chi connectivity index (χ2n) is 4.70. The minimum absolute atomic E-state index is 0.181. The van der Waals surface area contributed by atoms with E-state index in [9.17, 15) is 13.2 Å². The van der Waals surface area contributed by atoms with E-state index in [1.54, 1.807) is 0 Å². The monoisotopic (exact) mass is 245 g/mol. The van der Waals surface area contributed by atoms with Crippen molar-refractivity contribution in [3.05, 3.63) is 35.4 Å². The minimum atomic E-state index is -4.28. The molecule has 0 fully saturated rings. The molecule has 0 bridgehead atoms. The molecule has 2 N–H and O–H groups in total. The zero-order chi connectivity index (χ0) is 13.1. The molecule has 0 aliphatic rings. The molecule has 0 spiro atoms. The molecule has 1 rings (SSSR count). The van der Waals surface area contributed by atoms with Crippen LogP contribution in [0.2, 0.25) is 0 Å². The van der Waals surface area contributed by atoms with E-state index in [4.69, 9.17) is 5.73 Å². The van der Waals surface area contributed by atoms with Gasteiger partial charge in [0.2, 0.25) is 0 Å². The van der Waals surface area contributed by atoms with Gasteiger partial charge in [-0.25, -0.2) is 0 Å². The van der Waals surface area contributed by atoms with Crippen molar-refractivity contribution < 1.29 is 13.2 Å². The van der Waals surface area contributed by atoms with Gasteiger partial charge in [-0.05, 0) is 36.5 Å². The summed E-state index contributed by atoms with van der Waals surface area (Å²) in [4.78, 5) is 0. The van der Waals surface area contributed by atoms with Crippen LogP contribution in [0.25, 0.3) is 0 Å². The molecule has 1 atom stereocenters. The van der Waals surface area contributed by atoms with Gasteiger partial charge in [0.1, 0.15) is 0 Å². The van der Waals surface area contributed by atoms with E-state index >= 15 is 0 Å². The van der Waals surface area contributed by atoms with Crippen LogP contribution >= 0.6 is 0 Å². The van der Waals surface area contributed by atoms with Crippen molar-refractivity contribution in [3.8, 4) is 0 Å². The summed E-state index contributed by atoms with van der Waals surface area (Å²) in [5, 5.41) is 0. The van der Waals surface area contributed by atoms with Crippen molar-refractivity contribution in [1.82, 2.24) is 0 Å². The van der Waals surface area contributed by atoms with E-state index in [-0.39, 0.29) is 6.04 Å². The molecule has 0 radical (unpaired) electrons. The van der Waals surface area contributed by atoms with E-state index in [0.717, 1.165) is 30.5 Å². The molecular formula is C13H18F3N. The van der Waals surface area contributed by atoms with Crippen molar-refractivity contribution in [3.63, 3.8) is 0 Å². The third kappa shape index (κ3) is 4.38. The average molecular weight is 245 g/mol. The Kier molecular flexibility index (Phi) is 4.57. The van der Waals surface area contributed by atoms with Crippen molar-refractivity contribution in [1.29, 1.82) is 0 Å². The van der Waals surface area contributed by atoms with Crippen LogP contribution in [0.4, 0.5) is 13.2 Å². The Morgan fingerprint density at radius 2 is 1.59 bits per heavy atom. The maximum absolute atomic E-state index is 12.3. The molecule has 0 amide bonds.